The van der Waals surface area contributed by atoms with E-state index < -0.39 is 17.7 Å². The molecule has 0 aromatic rings. The summed E-state index contributed by atoms with van der Waals surface area (Å²) in [6, 6.07) is 0. The summed E-state index contributed by atoms with van der Waals surface area (Å²) >= 11 is 4.14. The first-order chi connectivity index (χ1) is 4.19. The average molecular weight is 184 g/mol. The molecular weight excluding hydrogens is 182 g/mol. The van der Waals surface area contributed by atoms with Crippen molar-refractivity contribution in [3.63, 3.8) is 0 Å². The van der Waals surface area contributed by atoms with Gasteiger partial charge in [0.15, 0.2) is 0 Å². The van der Waals surface area contributed by atoms with Gasteiger partial charge in [0.05, 0.1) is 0 Å². The van der Waals surface area contributed by atoms with Crippen LogP contribution in [0.1, 0.15) is 0 Å². The van der Waals surface area contributed by atoms with Crippen LogP contribution < -0.4 is 0 Å². The van der Waals surface area contributed by atoms with Crippen molar-refractivity contribution in [1.82, 2.24) is 0 Å². The topological polar surface area (TPSA) is 20.2 Å². The first kappa shape index (κ1) is 9.90. The van der Waals surface area contributed by atoms with Gasteiger partial charge in [-0.1, -0.05) is 11.6 Å². The molecule has 0 aliphatic carbocycles. The summed E-state index contributed by atoms with van der Waals surface area (Å²) in [5, 5.41) is 7.71. The average Bonchev–Trinajstić information content (AvgIpc) is 1.62. The summed E-state index contributed by atoms with van der Waals surface area (Å²) in [5.74, 6) is -5.24. The molecule has 0 aromatic heterocycles. The molecule has 0 radical (unpaired) electrons. The summed E-state index contributed by atoms with van der Waals surface area (Å²) in [6.07, 6.45) is -5.80. The molecule has 0 fully saturated rings. The van der Waals surface area contributed by atoms with Crippen molar-refractivity contribution in [3.8, 4) is 0 Å². The van der Waals surface area contributed by atoms with Crippen molar-refractivity contribution >= 4 is 11.6 Å². The summed E-state index contributed by atoms with van der Waals surface area (Å²) in [4.78, 5) is 0. The van der Waals surface area contributed by atoms with Crippen LogP contribution in [0.4, 0.5) is 22.0 Å². The third-order valence-corrected chi connectivity index (χ3v) is 0.951. The van der Waals surface area contributed by atoms with Crippen LogP contribution in [-0.2, 0) is 0 Å². The number of halogens is 6. The Morgan fingerprint density at radius 3 is 1.40 bits per heavy atom. The lowest BCUT2D eigenvalue weighted by molar-refractivity contribution is -0.300. The summed E-state index contributed by atoms with van der Waals surface area (Å²) in [5.41, 5.74) is -3.23. The minimum Gasteiger partial charge on any atom is -0.372 e. The summed E-state index contributed by atoms with van der Waals surface area (Å²) < 4.78 is 56.4. The molecule has 0 aromatic carbocycles. The number of alkyl halides is 6. The number of hydrogen-bond donors (Lipinski definition) is 1. The fourth-order valence-electron chi connectivity index (χ4n) is 0.135. The predicted molar refractivity (Wildman–Crippen MR) is 22.9 cm³/mol. The number of aliphatic hydroxyl groups excluding tert-OH is 1. The quantitative estimate of drug-likeness (QED) is 0.486. The van der Waals surface area contributed by atoms with E-state index in [1.165, 1.54) is 0 Å². The van der Waals surface area contributed by atoms with E-state index in [0.717, 1.165) is 0 Å². The molecule has 1 atom stereocenters. The van der Waals surface area contributed by atoms with E-state index >= 15 is 0 Å². The molecule has 1 unspecified atom stereocenters. The molecule has 0 amide bonds. The van der Waals surface area contributed by atoms with Crippen LogP contribution >= 0.6 is 11.6 Å². The van der Waals surface area contributed by atoms with Crippen molar-refractivity contribution in [1.29, 1.82) is 0 Å². The highest BCUT2D eigenvalue weighted by atomic mass is 35.5. The number of aliphatic hydroxyl groups is 1. The smallest absolute Gasteiger partial charge is 0.372 e. The van der Waals surface area contributed by atoms with Gasteiger partial charge < -0.3 is 5.11 Å². The maximum absolute atomic E-state index is 11.5. The van der Waals surface area contributed by atoms with Crippen LogP contribution in [0, 0.1) is 0 Å². The Kier molecular flexibility index (Phi) is 2.48. The van der Waals surface area contributed by atoms with Gasteiger partial charge in [-0.05, 0) is 0 Å². The zero-order valence-corrected chi connectivity index (χ0v) is 5.05. The van der Waals surface area contributed by atoms with Gasteiger partial charge in [-0.25, -0.2) is 0 Å². The monoisotopic (exact) mass is 184 g/mol. The molecule has 0 rings (SSSR count). The first-order valence-electron chi connectivity index (χ1n) is 1.96. The van der Waals surface area contributed by atoms with Gasteiger partial charge in [-0.2, -0.15) is 22.0 Å². The van der Waals surface area contributed by atoms with Crippen LogP contribution in [0.25, 0.3) is 0 Å². The van der Waals surface area contributed by atoms with Crippen LogP contribution in [0.15, 0.2) is 0 Å². The van der Waals surface area contributed by atoms with Gasteiger partial charge in [0.2, 0.25) is 5.56 Å². The molecule has 0 spiro atoms. The largest absolute Gasteiger partial charge is 0.457 e. The second-order valence-electron chi connectivity index (χ2n) is 1.46. The third kappa shape index (κ3) is 1.69. The molecule has 1 N–H and O–H groups in total. The van der Waals surface area contributed by atoms with E-state index in [1.54, 1.807) is 0 Å². The Morgan fingerprint density at radius 1 is 1.10 bits per heavy atom. The highest BCUT2D eigenvalue weighted by molar-refractivity contribution is 6.20. The Bertz CT molecular complexity index is 119. The van der Waals surface area contributed by atoms with Gasteiger partial charge >= 0.3 is 12.1 Å². The van der Waals surface area contributed by atoms with Crippen molar-refractivity contribution in [2.75, 3.05) is 0 Å². The van der Waals surface area contributed by atoms with Crippen LogP contribution in [-0.4, -0.2) is 22.8 Å². The molecule has 0 bridgehead atoms. The van der Waals surface area contributed by atoms with E-state index in [4.69, 9.17) is 5.11 Å². The van der Waals surface area contributed by atoms with Crippen LogP contribution in [0.2, 0.25) is 0 Å². The van der Waals surface area contributed by atoms with E-state index in [-0.39, 0.29) is 0 Å². The molecule has 0 aliphatic heterocycles. The molecule has 0 saturated heterocycles. The second kappa shape index (κ2) is 2.50. The maximum atomic E-state index is 11.5. The van der Waals surface area contributed by atoms with Gasteiger partial charge in [0.1, 0.15) is 0 Å². The predicted octanol–water partition coefficient (Wildman–Crippen LogP) is 1.74. The Morgan fingerprint density at radius 2 is 1.40 bits per heavy atom. The minimum absolute atomic E-state index is 3.23. The molecule has 0 heterocycles. The Balaban J connectivity index is 4.40. The van der Waals surface area contributed by atoms with Crippen LogP contribution in [0.5, 0.6) is 0 Å². The SMILES string of the molecule is OC(Cl)C(F)(F)C(F)(F)F. The lowest BCUT2D eigenvalue weighted by Gasteiger charge is -2.19. The van der Waals surface area contributed by atoms with Crippen molar-refractivity contribution in [2.24, 2.45) is 0 Å². The molecule has 7 heteroatoms. The standard InChI is InChI=1S/C3H2ClF5O/c4-1(10)2(5,6)3(7,8)9/h1,10H. The molecular formula is C3H2ClF5O. The summed E-state index contributed by atoms with van der Waals surface area (Å²) in [7, 11) is 0. The molecule has 0 saturated carbocycles. The van der Waals surface area contributed by atoms with Gasteiger partial charge in [0.25, 0.3) is 0 Å². The number of rotatable bonds is 1. The van der Waals surface area contributed by atoms with Gasteiger partial charge in [0, 0.05) is 0 Å². The lowest BCUT2D eigenvalue weighted by atomic mass is 10.3. The van der Waals surface area contributed by atoms with Crippen molar-refractivity contribution < 1.29 is 27.1 Å². The minimum atomic E-state index is -5.80. The molecule has 62 valence electrons. The second-order valence-corrected chi connectivity index (χ2v) is 1.87. The van der Waals surface area contributed by atoms with Crippen molar-refractivity contribution in [2.45, 2.75) is 17.7 Å². The highest BCUT2D eigenvalue weighted by Gasteiger charge is 2.62. The zero-order chi connectivity index (χ0) is 8.58. The molecule has 0 aliphatic rings. The fraction of sp³-hybridized carbons (Fsp3) is 1.00. The number of hydrogen-bond acceptors (Lipinski definition) is 1. The molecule has 1 nitrogen and oxygen atoms in total. The molecule has 10 heavy (non-hydrogen) atoms. The van der Waals surface area contributed by atoms with E-state index in [1.807, 2.05) is 0 Å². The Hall–Kier alpha value is -0.100. The third-order valence-electron chi connectivity index (χ3n) is 0.677. The van der Waals surface area contributed by atoms with E-state index in [0.29, 0.717) is 0 Å². The lowest BCUT2D eigenvalue weighted by Crippen LogP contribution is -2.44. The normalized spacial score (nSPS) is 17.1. The van der Waals surface area contributed by atoms with E-state index in [9.17, 15) is 22.0 Å². The summed E-state index contributed by atoms with van der Waals surface area (Å²) in [6.45, 7) is 0. The zero-order valence-electron chi connectivity index (χ0n) is 4.29. The first-order valence-corrected chi connectivity index (χ1v) is 2.40. The van der Waals surface area contributed by atoms with E-state index in [2.05, 4.69) is 11.6 Å². The van der Waals surface area contributed by atoms with Crippen molar-refractivity contribution in [3.05, 3.63) is 0 Å². The van der Waals surface area contributed by atoms with Gasteiger partial charge in [-0.3, -0.25) is 0 Å². The fourth-order valence-corrected chi connectivity index (χ4v) is 0.259. The maximum Gasteiger partial charge on any atom is 0.457 e. The Labute approximate surface area is 57.4 Å². The highest BCUT2D eigenvalue weighted by Crippen LogP contribution is 2.39. The van der Waals surface area contributed by atoms with Crippen LogP contribution in [0.3, 0.4) is 0 Å². The van der Waals surface area contributed by atoms with Gasteiger partial charge in [-0.15, -0.1) is 0 Å².